The van der Waals surface area contributed by atoms with Crippen molar-refractivity contribution in [3.8, 4) is 16.9 Å². The molecule has 5 nitrogen and oxygen atoms in total. The van der Waals surface area contributed by atoms with Gasteiger partial charge in [-0.1, -0.05) is 54.9 Å². The Morgan fingerprint density at radius 3 is 2.30 bits per heavy atom. The molecule has 0 radical (unpaired) electrons. The molecular formula is C24H19ClF3N3O2. The van der Waals surface area contributed by atoms with Crippen LogP contribution in [0, 0.1) is 0 Å². The highest BCUT2D eigenvalue weighted by atomic mass is 35.5. The third-order valence-corrected chi connectivity index (χ3v) is 5.27. The van der Waals surface area contributed by atoms with Gasteiger partial charge in [0.05, 0.1) is 5.69 Å². The maximum Gasteiger partial charge on any atom is 0.573 e. The minimum absolute atomic E-state index is 0.244. The molecule has 0 atom stereocenters. The smallest absolute Gasteiger partial charge is 0.406 e. The maximum absolute atomic E-state index is 12.9. The summed E-state index contributed by atoms with van der Waals surface area (Å²) in [6, 6.07) is 16.4. The number of nitrogens with zero attached hydrogens (tertiary/aromatic N) is 2. The zero-order chi connectivity index (χ0) is 23.6. The fraction of sp³-hybridized carbons (Fsp3) is 0.167. The van der Waals surface area contributed by atoms with E-state index in [-0.39, 0.29) is 11.7 Å². The predicted molar refractivity (Wildman–Crippen MR) is 119 cm³/mol. The van der Waals surface area contributed by atoms with Gasteiger partial charge in [-0.15, -0.1) is 13.2 Å². The molecular weight excluding hydrogens is 455 g/mol. The van der Waals surface area contributed by atoms with E-state index < -0.39 is 6.36 Å². The Kier molecular flexibility index (Phi) is 6.29. The van der Waals surface area contributed by atoms with E-state index in [4.69, 9.17) is 11.6 Å². The number of imidazole rings is 1. The average molecular weight is 474 g/mol. The molecule has 0 unspecified atom stereocenters. The molecule has 1 N–H and O–H groups in total. The van der Waals surface area contributed by atoms with Crippen molar-refractivity contribution in [2.24, 2.45) is 0 Å². The first kappa shape index (κ1) is 22.7. The Balaban J connectivity index is 1.44. The number of carbonyl (C=O) groups is 1. The zero-order valence-electron chi connectivity index (χ0n) is 17.5. The number of alkyl halides is 3. The molecule has 0 saturated heterocycles. The quantitative estimate of drug-likeness (QED) is 0.371. The van der Waals surface area contributed by atoms with Gasteiger partial charge in [-0.3, -0.25) is 9.20 Å². The fourth-order valence-corrected chi connectivity index (χ4v) is 3.64. The number of carbonyl (C=O) groups excluding carboxylic acids is 1. The van der Waals surface area contributed by atoms with Crippen LogP contribution in [-0.4, -0.2) is 21.7 Å². The molecule has 2 aromatic heterocycles. The maximum atomic E-state index is 12.9. The van der Waals surface area contributed by atoms with Crippen LogP contribution in [0.3, 0.4) is 0 Å². The highest BCUT2D eigenvalue weighted by Gasteiger charge is 2.31. The molecule has 0 saturated carbocycles. The number of amides is 1. The number of fused-ring (bicyclic) bond motifs is 1. The van der Waals surface area contributed by atoms with Gasteiger partial charge >= 0.3 is 6.36 Å². The molecule has 0 fully saturated rings. The van der Waals surface area contributed by atoms with Gasteiger partial charge in [-0.05, 0) is 41.3 Å². The highest BCUT2D eigenvalue weighted by molar-refractivity contribution is 6.30. The number of aromatic nitrogens is 2. The van der Waals surface area contributed by atoms with Crippen molar-refractivity contribution >= 4 is 23.2 Å². The lowest BCUT2D eigenvalue weighted by Crippen LogP contribution is -2.25. The van der Waals surface area contributed by atoms with E-state index in [1.165, 1.54) is 12.1 Å². The number of aryl methyl sites for hydroxylation is 1. The van der Waals surface area contributed by atoms with Crippen LogP contribution >= 0.6 is 11.6 Å². The predicted octanol–water partition coefficient (Wildman–Crippen LogP) is 6.05. The van der Waals surface area contributed by atoms with Crippen molar-refractivity contribution in [3.05, 3.63) is 88.8 Å². The van der Waals surface area contributed by atoms with Crippen LogP contribution in [0.4, 0.5) is 13.2 Å². The van der Waals surface area contributed by atoms with E-state index in [1.807, 2.05) is 31.2 Å². The average Bonchev–Trinajstić information content (AvgIpc) is 3.15. The molecule has 0 bridgehead atoms. The summed E-state index contributed by atoms with van der Waals surface area (Å²) in [5, 5.41) is 3.46. The molecule has 4 aromatic rings. The molecule has 1 amide bonds. The lowest BCUT2D eigenvalue weighted by Gasteiger charge is -2.10. The van der Waals surface area contributed by atoms with Gasteiger partial charge in [0.1, 0.15) is 17.1 Å². The number of pyridine rings is 1. The second-order valence-corrected chi connectivity index (χ2v) is 7.72. The lowest BCUT2D eigenvalue weighted by molar-refractivity contribution is -0.274. The van der Waals surface area contributed by atoms with Crippen molar-refractivity contribution in [3.63, 3.8) is 0 Å². The summed E-state index contributed by atoms with van der Waals surface area (Å²) in [5.74, 6) is -0.516. The zero-order valence-corrected chi connectivity index (χ0v) is 18.2. The van der Waals surface area contributed by atoms with Crippen LogP contribution in [0.25, 0.3) is 16.8 Å². The van der Waals surface area contributed by atoms with Crippen LogP contribution in [0.15, 0.2) is 66.9 Å². The minimum atomic E-state index is -4.72. The normalized spacial score (nSPS) is 11.5. The first-order chi connectivity index (χ1) is 15.7. The van der Waals surface area contributed by atoms with Crippen molar-refractivity contribution in [2.45, 2.75) is 26.3 Å². The third-order valence-electron chi connectivity index (χ3n) is 5.04. The summed E-state index contributed by atoms with van der Waals surface area (Å²) < 4.78 is 42.5. The molecule has 2 heterocycles. The summed E-state index contributed by atoms with van der Waals surface area (Å²) in [5.41, 5.74) is 4.22. The standard InChI is InChI=1S/C24H19ClF3N3O2/c1-2-20-22(31-12-11-18(25)13-21(31)30-20)23(32)29-14-15-3-5-16(6-4-15)17-7-9-19(10-8-17)33-24(26,27)28/h3-13H,2,14H2,1H3,(H,29,32). The third kappa shape index (κ3) is 5.28. The van der Waals surface area contributed by atoms with E-state index in [1.54, 1.807) is 34.9 Å². The van der Waals surface area contributed by atoms with E-state index in [0.717, 1.165) is 16.7 Å². The summed E-state index contributed by atoms with van der Waals surface area (Å²) in [6.07, 6.45) is -2.40. The van der Waals surface area contributed by atoms with Gasteiger partial charge < -0.3 is 10.1 Å². The first-order valence-corrected chi connectivity index (χ1v) is 10.5. The molecule has 0 aliphatic carbocycles. The van der Waals surface area contributed by atoms with Gasteiger partial charge in [-0.2, -0.15) is 0 Å². The topological polar surface area (TPSA) is 55.6 Å². The Hall–Kier alpha value is -3.52. The van der Waals surface area contributed by atoms with Gasteiger partial charge in [-0.25, -0.2) is 4.98 Å². The van der Waals surface area contributed by atoms with Gasteiger partial charge in [0, 0.05) is 23.8 Å². The monoisotopic (exact) mass is 473 g/mol. The Morgan fingerprint density at radius 1 is 1.06 bits per heavy atom. The number of benzene rings is 2. The number of halogens is 4. The Bertz CT molecular complexity index is 1280. The summed E-state index contributed by atoms with van der Waals surface area (Å²) in [4.78, 5) is 17.4. The second-order valence-electron chi connectivity index (χ2n) is 7.29. The first-order valence-electron chi connectivity index (χ1n) is 10.1. The molecule has 33 heavy (non-hydrogen) atoms. The van der Waals surface area contributed by atoms with E-state index in [2.05, 4.69) is 15.0 Å². The van der Waals surface area contributed by atoms with Crippen LogP contribution in [0.2, 0.25) is 5.02 Å². The van der Waals surface area contributed by atoms with Gasteiger partial charge in [0.25, 0.3) is 5.91 Å². The fourth-order valence-electron chi connectivity index (χ4n) is 3.49. The molecule has 4 rings (SSSR count). The summed E-state index contributed by atoms with van der Waals surface area (Å²) in [6.45, 7) is 2.24. The van der Waals surface area contributed by atoms with Crippen LogP contribution in [-0.2, 0) is 13.0 Å². The number of nitrogens with one attached hydrogen (secondary N) is 1. The van der Waals surface area contributed by atoms with Crippen LogP contribution < -0.4 is 10.1 Å². The molecule has 170 valence electrons. The van der Waals surface area contributed by atoms with Gasteiger partial charge in [0.2, 0.25) is 0 Å². The summed E-state index contributed by atoms with van der Waals surface area (Å²) >= 11 is 6.03. The Morgan fingerprint density at radius 2 is 1.70 bits per heavy atom. The highest BCUT2D eigenvalue weighted by Crippen LogP contribution is 2.27. The van der Waals surface area contributed by atoms with E-state index in [9.17, 15) is 18.0 Å². The van der Waals surface area contributed by atoms with E-state index in [0.29, 0.717) is 35.0 Å². The number of rotatable bonds is 6. The molecule has 2 aromatic carbocycles. The lowest BCUT2D eigenvalue weighted by atomic mass is 10.0. The molecule has 0 aliphatic heterocycles. The number of hydrogen-bond donors (Lipinski definition) is 1. The van der Waals surface area contributed by atoms with Crippen LogP contribution in [0.5, 0.6) is 5.75 Å². The molecule has 0 aliphatic rings. The van der Waals surface area contributed by atoms with Crippen molar-refractivity contribution in [1.29, 1.82) is 0 Å². The van der Waals surface area contributed by atoms with E-state index >= 15 is 0 Å². The Labute approximate surface area is 192 Å². The van der Waals surface area contributed by atoms with Crippen molar-refractivity contribution in [1.82, 2.24) is 14.7 Å². The molecule has 9 heteroatoms. The largest absolute Gasteiger partial charge is 0.573 e. The van der Waals surface area contributed by atoms with Crippen molar-refractivity contribution in [2.75, 3.05) is 0 Å². The molecule has 0 spiro atoms. The number of hydrogen-bond acceptors (Lipinski definition) is 3. The summed E-state index contributed by atoms with van der Waals surface area (Å²) in [7, 11) is 0. The number of ether oxygens (including phenoxy) is 1. The van der Waals surface area contributed by atoms with Gasteiger partial charge in [0.15, 0.2) is 0 Å². The SMILES string of the molecule is CCc1nc2cc(Cl)ccn2c1C(=O)NCc1ccc(-c2ccc(OC(F)(F)F)cc2)cc1. The minimum Gasteiger partial charge on any atom is -0.406 e. The van der Waals surface area contributed by atoms with Crippen molar-refractivity contribution < 1.29 is 22.7 Å². The van der Waals surface area contributed by atoms with Crippen LogP contribution in [0.1, 0.15) is 28.7 Å². The second kappa shape index (κ2) is 9.15.